The van der Waals surface area contributed by atoms with Crippen molar-refractivity contribution in [3.63, 3.8) is 0 Å². The van der Waals surface area contributed by atoms with E-state index in [0.717, 1.165) is 41.7 Å². The number of aromatic nitrogens is 2. The van der Waals surface area contributed by atoms with Crippen LogP contribution in [0.25, 0.3) is 11.3 Å². The summed E-state index contributed by atoms with van der Waals surface area (Å²) in [6.07, 6.45) is 1.97. The van der Waals surface area contributed by atoms with Gasteiger partial charge in [-0.25, -0.2) is 0 Å². The Labute approximate surface area is 150 Å². The van der Waals surface area contributed by atoms with Crippen molar-refractivity contribution in [1.82, 2.24) is 20.4 Å². The van der Waals surface area contributed by atoms with Gasteiger partial charge in [0.2, 0.25) is 0 Å². The van der Waals surface area contributed by atoms with Gasteiger partial charge in [0.15, 0.2) is 0 Å². The fourth-order valence-electron chi connectivity index (χ4n) is 2.79. The molecular weight excluding hydrogens is 380 g/mol. The predicted molar refractivity (Wildman–Crippen MR) is 97.0 cm³/mol. The van der Waals surface area contributed by atoms with Crippen LogP contribution in [0.3, 0.4) is 0 Å². The van der Waals surface area contributed by atoms with Crippen LogP contribution in [0.2, 0.25) is 0 Å². The summed E-state index contributed by atoms with van der Waals surface area (Å²) < 4.78 is 0.726. The summed E-state index contributed by atoms with van der Waals surface area (Å²) >= 11 is 3.53. The van der Waals surface area contributed by atoms with Gasteiger partial charge in [-0.2, -0.15) is 5.10 Å². The summed E-state index contributed by atoms with van der Waals surface area (Å²) in [7, 11) is 1.87. The summed E-state index contributed by atoms with van der Waals surface area (Å²) in [5.41, 5.74) is 2.26. The number of aromatic amines is 1. The number of H-pyrrole nitrogens is 1. The Morgan fingerprint density at radius 1 is 1.26 bits per heavy atom. The van der Waals surface area contributed by atoms with E-state index in [1.165, 1.54) is 0 Å². The number of amides is 1. The number of carbonyl (C=O) groups is 1. The molecule has 0 saturated carbocycles. The van der Waals surface area contributed by atoms with Gasteiger partial charge in [0, 0.05) is 18.7 Å². The molecule has 2 heterocycles. The molecule has 124 valence electrons. The number of hydrogen-bond acceptors (Lipinski definition) is 3. The molecule has 1 amide bonds. The molecule has 7 heteroatoms. The fraction of sp³-hybridized carbons (Fsp3) is 0.375. The zero-order chi connectivity index (χ0) is 15.5. The van der Waals surface area contributed by atoms with Crippen LogP contribution < -0.4 is 5.32 Å². The van der Waals surface area contributed by atoms with Crippen molar-refractivity contribution >= 4 is 34.2 Å². The van der Waals surface area contributed by atoms with Crippen molar-refractivity contribution in [2.45, 2.75) is 18.9 Å². The smallest absolute Gasteiger partial charge is 0.273 e. The Hall–Kier alpha value is -1.37. The number of nitrogens with one attached hydrogen (secondary N) is 2. The van der Waals surface area contributed by atoms with Gasteiger partial charge in [0.05, 0.1) is 4.47 Å². The summed E-state index contributed by atoms with van der Waals surface area (Å²) in [6.45, 7) is 1.92. The quantitative estimate of drug-likeness (QED) is 0.834. The Morgan fingerprint density at radius 2 is 1.91 bits per heavy atom. The molecule has 0 aliphatic carbocycles. The number of benzene rings is 1. The van der Waals surface area contributed by atoms with E-state index in [-0.39, 0.29) is 24.4 Å². The van der Waals surface area contributed by atoms with Gasteiger partial charge in [-0.05, 0) is 41.9 Å². The van der Waals surface area contributed by atoms with Crippen LogP contribution in [0.1, 0.15) is 23.3 Å². The second-order valence-electron chi connectivity index (χ2n) is 5.52. The molecule has 0 bridgehead atoms. The van der Waals surface area contributed by atoms with Crippen molar-refractivity contribution in [3.8, 4) is 11.3 Å². The minimum atomic E-state index is -0.0199. The summed E-state index contributed by atoms with van der Waals surface area (Å²) in [5, 5.41) is 10.5. The standard InChI is InChI=1S/C16H19BrN4O.ClH/c1-21(12-7-9-18-10-8-12)16(22)15-13(17)14(19-20-15)11-5-3-2-4-6-11;/h2-6,12,18H,7-10H2,1H3,(H,19,20);1H. The molecule has 0 atom stereocenters. The lowest BCUT2D eigenvalue weighted by molar-refractivity contribution is 0.0696. The van der Waals surface area contributed by atoms with Crippen molar-refractivity contribution in [3.05, 3.63) is 40.5 Å². The van der Waals surface area contributed by atoms with Crippen LogP contribution in [-0.4, -0.2) is 47.2 Å². The molecule has 0 unspecified atom stereocenters. The predicted octanol–water partition coefficient (Wildman–Crippen LogP) is 3.09. The largest absolute Gasteiger partial charge is 0.337 e. The number of carbonyl (C=O) groups excluding carboxylic acids is 1. The van der Waals surface area contributed by atoms with Gasteiger partial charge in [0.1, 0.15) is 11.4 Å². The number of piperidine rings is 1. The Bertz CT molecular complexity index is 655. The Kier molecular flexibility index (Phi) is 6.21. The minimum absolute atomic E-state index is 0. The highest BCUT2D eigenvalue weighted by atomic mass is 79.9. The summed E-state index contributed by atoms with van der Waals surface area (Å²) in [4.78, 5) is 14.5. The van der Waals surface area contributed by atoms with Crippen LogP contribution in [0, 0.1) is 0 Å². The van der Waals surface area contributed by atoms with E-state index in [2.05, 4.69) is 31.4 Å². The molecule has 3 rings (SSSR count). The molecule has 1 aliphatic rings. The first-order valence-corrected chi connectivity index (χ1v) is 8.25. The minimum Gasteiger partial charge on any atom is -0.337 e. The normalized spacial score (nSPS) is 15.0. The highest BCUT2D eigenvalue weighted by molar-refractivity contribution is 9.10. The molecule has 1 aliphatic heterocycles. The maximum atomic E-state index is 12.7. The van der Waals surface area contributed by atoms with Crippen LogP contribution in [0.4, 0.5) is 0 Å². The van der Waals surface area contributed by atoms with E-state index >= 15 is 0 Å². The molecule has 1 saturated heterocycles. The molecule has 2 N–H and O–H groups in total. The van der Waals surface area contributed by atoms with Gasteiger partial charge in [-0.1, -0.05) is 30.3 Å². The van der Waals surface area contributed by atoms with E-state index in [1.54, 1.807) is 0 Å². The number of rotatable bonds is 3. The van der Waals surface area contributed by atoms with Crippen molar-refractivity contribution in [2.75, 3.05) is 20.1 Å². The van der Waals surface area contributed by atoms with Crippen molar-refractivity contribution in [1.29, 1.82) is 0 Å². The lowest BCUT2D eigenvalue weighted by atomic mass is 10.0. The van der Waals surface area contributed by atoms with Gasteiger partial charge >= 0.3 is 0 Å². The first-order valence-electron chi connectivity index (χ1n) is 7.45. The molecule has 1 aromatic carbocycles. The SMILES string of the molecule is CN(C(=O)c1[nH]nc(-c2ccccc2)c1Br)C1CCNCC1.Cl. The molecule has 1 fully saturated rings. The van der Waals surface area contributed by atoms with Gasteiger partial charge in [-0.3, -0.25) is 9.89 Å². The lowest BCUT2D eigenvalue weighted by Crippen LogP contribution is -2.44. The second kappa shape index (κ2) is 7.95. The summed E-state index contributed by atoms with van der Waals surface area (Å²) in [6, 6.07) is 10.1. The highest BCUT2D eigenvalue weighted by Crippen LogP contribution is 2.29. The first kappa shape index (κ1) is 18.0. The molecule has 0 spiro atoms. The monoisotopic (exact) mass is 398 g/mol. The topological polar surface area (TPSA) is 61.0 Å². The van der Waals surface area contributed by atoms with E-state index in [9.17, 15) is 4.79 Å². The Balaban J connectivity index is 0.00000192. The molecule has 2 aromatic rings. The zero-order valence-corrected chi connectivity index (χ0v) is 15.3. The molecule has 1 aromatic heterocycles. The van der Waals surface area contributed by atoms with Crippen LogP contribution in [-0.2, 0) is 0 Å². The number of nitrogens with zero attached hydrogens (tertiary/aromatic N) is 2. The average Bonchev–Trinajstić information content (AvgIpc) is 2.96. The van der Waals surface area contributed by atoms with E-state index in [0.29, 0.717) is 5.69 Å². The molecule has 23 heavy (non-hydrogen) atoms. The number of hydrogen-bond donors (Lipinski definition) is 2. The van der Waals surface area contributed by atoms with E-state index in [4.69, 9.17) is 0 Å². The third kappa shape index (κ3) is 3.76. The van der Waals surface area contributed by atoms with E-state index in [1.807, 2.05) is 42.3 Å². The van der Waals surface area contributed by atoms with Crippen LogP contribution in [0.15, 0.2) is 34.8 Å². The van der Waals surface area contributed by atoms with Gasteiger partial charge < -0.3 is 10.2 Å². The van der Waals surface area contributed by atoms with Crippen molar-refractivity contribution in [2.24, 2.45) is 0 Å². The molecule has 5 nitrogen and oxygen atoms in total. The van der Waals surface area contributed by atoms with Crippen LogP contribution >= 0.6 is 28.3 Å². The maximum Gasteiger partial charge on any atom is 0.273 e. The third-order valence-corrected chi connectivity index (χ3v) is 4.92. The summed E-state index contributed by atoms with van der Waals surface area (Å²) in [5.74, 6) is -0.0199. The number of halogens is 2. The maximum absolute atomic E-state index is 12.7. The molecule has 0 radical (unpaired) electrons. The third-order valence-electron chi connectivity index (χ3n) is 4.14. The fourth-order valence-corrected chi connectivity index (χ4v) is 3.37. The van der Waals surface area contributed by atoms with E-state index < -0.39 is 0 Å². The van der Waals surface area contributed by atoms with Crippen LogP contribution in [0.5, 0.6) is 0 Å². The van der Waals surface area contributed by atoms with Gasteiger partial charge in [-0.15, -0.1) is 12.4 Å². The average molecular weight is 400 g/mol. The second-order valence-corrected chi connectivity index (χ2v) is 6.32. The lowest BCUT2D eigenvalue weighted by Gasteiger charge is -2.31. The zero-order valence-electron chi connectivity index (χ0n) is 12.9. The highest BCUT2D eigenvalue weighted by Gasteiger charge is 2.26. The first-order chi connectivity index (χ1) is 10.7. The van der Waals surface area contributed by atoms with Gasteiger partial charge in [0.25, 0.3) is 5.91 Å². The molecular formula is C16H20BrClN4O. The van der Waals surface area contributed by atoms with Crippen molar-refractivity contribution < 1.29 is 4.79 Å². The Morgan fingerprint density at radius 3 is 2.57 bits per heavy atom.